The fourth-order valence-electron chi connectivity index (χ4n) is 3.88. The van der Waals surface area contributed by atoms with Gasteiger partial charge in [0, 0.05) is 11.8 Å². The van der Waals surface area contributed by atoms with Gasteiger partial charge < -0.3 is 18.9 Å². The lowest BCUT2D eigenvalue weighted by molar-refractivity contribution is -0.157. The highest BCUT2D eigenvalue weighted by atomic mass is 16.8. The Labute approximate surface area is 96.1 Å². The Morgan fingerprint density at radius 2 is 1.29 bits per heavy atom. The van der Waals surface area contributed by atoms with Crippen LogP contribution in [0.3, 0.4) is 0 Å². The molecule has 0 bridgehead atoms. The van der Waals surface area contributed by atoms with E-state index < -0.39 is 0 Å². The summed E-state index contributed by atoms with van der Waals surface area (Å²) in [5, 5.41) is 0. The van der Waals surface area contributed by atoms with Crippen molar-refractivity contribution in [2.24, 2.45) is 23.7 Å². The molecule has 0 aromatic rings. The quantitative estimate of drug-likeness (QED) is 0.415. The van der Waals surface area contributed by atoms with Gasteiger partial charge in [0.2, 0.25) is 12.6 Å². The lowest BCUT2D eigenvalue weighted by Gasteiger charge is -2.26. The molecule has 5 aliphatic rings. The maximum absolute atomic E-state index is 11.8. The second kappa shape index (κ2) is 2.49. The van der Waals surface area contributed by atoms with Crippen LogP contribution in [0.2, 0.25) is 0 Å². The van der Waals surface area contributed by atoms with Crippen molar-refractivity contribution in [1.82, 2.24) is 0 Å². The molecule has 4 saturated heterocycles. The molecule has 17 heavy (non-hydrogen) atoms. The molecule has 6 nitrogen and oxygen atoms in total. The van der Waals surface area contributed by atoms with Crippen LogP contribution in [-0.4, -0.2) is 36.7 Å². The number of carbonyl (C=O) groups excluding carboxylic acids is 2. The van der Waals surface area contributed by atoms with E-state index >= 15 is 0 Å². The topological polar surface area (TPSA) is 77.7 Å². The molecule has 4 heterocycles. The average molecular weight is 238 g/mol. The molecular formula is C11H10O6. The highest BCUT2D eigenvalue weighted by molar-refractivity contribution is 5.80. The third-order valence-corrected chi connectivity index (χ3v) is 4.68. The van der Waals surface area contributed by atoms with Gasteiger partial charge in [0.1, 0.15) is 12.2 Å². The summed E-state index contributed by atoms with van der Waals surface area (Å²) < 4.78 is 20.9. The van der Waals surface area contributed by atoms with Crippen LogP contribution in [0.15, 0.2) is 0 Å². The number of hydrogen-bond donors (Lipinski definition) is 0. The molecule has 0 aromatic carbocycles. The molecule has 5 rings (SSSR count). The maximum Gasteiger partial charge on any atom is 0.311 e. The van der Waals surface area contributed by atoms with Crippen molar-refractivity contribution in [1.29, 1.82) is 0 Å². The van der Waals surface area contributed by atoms with Crippen molar-refractivity contribution in [3.63, 3.8) is 0 Å². The number of esters is 2. The Balaban J connectivity index is 1.57. The third-order valence-electron chi connectivity index (χ3n) is 4.68. The first kappa shape index (κ1) is 8.88. The van der Waals surface area contributed by atoms with Crippen molar-refractivity contribution in [2.75, 3.05) is 0 Å². The van der Waals surface area contributed by atoms with Crippen LogP contribution in [0.5, 0.6) is 0 Å². The summed E-state index contributed by atoms with van der Waals surface area (Å²) in [6.07, 6.45) is -0.284. The minimum Gasteiger partial charge on any atom is -0.433 e. The Morgan fingerprint density at radius 1 is 0.824 bits per heavy atom. The highest BCUT2D eigenvalue weighted by Crippen LogP contribution is 2.59. The molecule has 6 heteroatoms. The van der Waals surface area contributed by atoms with E-state index in [0.29, 0.717) is 6.42 Å². The number of carbonyl (C=O) groups is 2. The van der Waals surface area contributed by atoms with Gasteiger partial charge in [-0.05, 0) is 6.42 Å². The molecule has 0 spiro atoms. The lowest BCUT2D eigenvalue weighted by atomic mass is 9.80. The molecule has 0 N–H and O–H groups in total. The first-order chi connectivity index (χ1) is 8.24. The van der Waals surface area contributed by atoms with Crippen LogP contribution in [0, 0.1) is 23.7 Å². The lowest BCUT2D eigenvalue weighted by Crippen LogP contribution is -2.40. The predicted octanol–water partition coefficient (Wildman–Crippen LogP) is -0.582. The van der Waals surface area contributed by atoms with E-state index in [4.69, 9.17) is 18.9 Å². The number of rotatable bonds is 0. The van der Waals surface area contributed by atoms with Crippen LogP contribution in [0.4, 0.5) is 0 Å². The summed E-state index contributed by atoms with van der Waals surface area (Å²) in [4.78, 5) is 23.6. The fourth-order valence-corrected chi connectivity index (χ4v) is 3.88. The van der Waals surface area contributed by atoms with Gasteiger partial charge >= 0.3 is 11.9 Å². The summed E-state index contributed by atoms with van der Waals surface area (Å²) in [6, 6.07) is 0. The number of ether oxygens (including phenoxy) is 4. The van der Waals surface area contributed by atoms with E-state index in [1.165, 1.54) is 0 Å². The minimum atomic E-state index is -0.377. The van der Waals surface area contributed by atoms with E-state index in [2.05, 4.69) is 0 Å². The zero-order valence-corrected chi connectivity index (χ0v) is 8.78. The van der Waals surface area contributed by atoms with Crippen LogP contribution in [0.1, 0.15) is 6.42 Å². The first-order valence-electron chi connectivity index (χ1n) is 5.96. The maximum atomic E-state index is 11.8. The smallest absolute Gasteiger partial charge is 0.311 e. The van der Waals surface area contributed by atoms with Crippen LogP contribution in [-0.2, 0) is 28.5 Å². The molecule has 8 atom stereocenters. The average Bonchev–Trinajstić information content (AvgIpc) is 3.18. The second-order valence-electron chi connectivity index (χ2n) is 5.42. The van der Waals surface area contributed by atoms with Gasteiger partial charge in [0.25, 0.3) is 0 Å². The Morgan fingerprint density at radius 3 is 1.76 bits per heavy atom. The number of hydrogen-bond acceptors (Lipinski definition) is 6. The van der Waals surface area contributed by atoms with Crippen molar-refractivity contribution in [3.8, 4) is 0 Å². The summed E-state index contributed by atoms with van der Waals surface area (Å²) in [7, 11) is 0. The molecule has 1 saturated carbocycles. The van der Waals surface area contributed by atoms with Crippen LogP contribution < -0.4 is 0 Å². The van der Waals surface area contributed by atoms with Gasteiger partial charge in [-0.3, -0.25) is 9.59 Å². The molecule has 90 valence electrons. The first-order valence-corrected chi connectivity index (χ1v) is 5.96. The zero-order valence-electron chi connectivity index (χ0n) is 8.78. The standard InChI is InChI=1S/C11H10O6/c12-8-2-1-3-5(4(2)6-10(14-6)16-8)7-11(15-7)17-9(3)13/h2-7,10-11H,1H2. The summed E-state index contributed by atoms with van der Waals surface area (Å²) in [5.74, 6) is -0.738. The number of fused-ring (bicyclic) bond motifs is 7. The van der Waals surface area contributed by atoms with E-state index in [1.807, 2.05) is 0 Å². The summed E-state index contributed by atoms with van der Waals surface area (Å²) in [5.41, 5.74) is 0. The van der Waals surface area contributed by atoms with Gasteiger partial charge in [0.15, 0.2) is 0 Å². The molecule has 5 fully saturated rings. The van der Waals surface area contributed by atoms with Crippen LogP contribution in [0.25, 0.3) is 0 Å². The summed E-state index contributed by atoms with van der Waals surface area (Å²) >= 11 is 0. The minimum absolute atomic E-state index is 0.0246. The molecule has 0 aromatic heterocycles. The molecule has 0 radical (unpaired) electrons. The van der Waals surface area contributed by atoms with Crippen molar-refractivity contribution < 1.29 is 28.5 Å². The second-order valence-corrected chi connectivity index (χ2v) is 5.42. The van der Waals surface area contributed by atoms with Gasteiger partial charge in [0.05, 0.1) is 11.8 Å². The molecule has 1 aliphatic carbocycles. The Kier molecular flexibility index (Phi) is 1.30. The van der Waals surface area contributed by atoms with Crippen molar-refractivity contribution in [2.45, 2.75) is 31.2 Å². The number of epoxide rings is 2. The normalized spacial score (nSPS) is 61.4. The van der Waals surface area contributed by atoms with Gasteiger partial charge in [-0.2, -0.15) is 0 Å². The van der Waals surface area contributed by atoms with E-state index in [-0.39, 0.29) is 60.4 Å². The molecular weight excluding hydrogens is 228 g/mol. The van der Waals surface area contributed by atoms with Crippen molar-refractivity contribution >= 4 is 11.9 Å². The van der Waals surface area contributed by atoms with E-state index in [0.717, 1.165) is 0 Å². The zero-order chi connectivity index (χ0) is 11.3. The molecule has 8 unspecified atom stereocenters. The Hall–Kier alpha value is -1.14. The Bertz CT molecular complexity index is 407. The van der Waals surface area contributed by atoms with Gasteiger partial charge in [-0.15, -0.1) is 0 Å². The highest BCUT2D eigenvalue weighted by Gasteiger charge is 2.72. The largest absolute Gasteiger partial charge is 0.433 e. The van der Waals surface area contributed by atoms with E-state index in [1.54, 1.807) is 0 Å². The molecule has 4 aliphatic heterocycles. The monoisotopic (exact) mass is 238 g/mol. The SMILES string of the molecule is O=C1OC2OC2C2C1CC1C(=O)OC3OC3C12. The molecule has 0 amide bonds. The predicted molar refractivity (Wildman–Crippen MR) is 48.1 cm³/mol. The van der Waals surface area contributed by atoms with Gasteiger partial charge in [-0.1, -0.05) is 0 Å². The van der Waals surface area contributed by atoms with Crippen LogP contribution >= 0.6 is 0 Å². The van der Waals surface area contributed by atoms with E-state index in [9.17, 15) is 9.59 Å². The fraction of sp³-hybridized carbons (Fsp3) is 0.818. The van der Waals surface area contributed by atoms with Gasteiger partial charge in [-0.25, -0.2) is 0 Å². The summed E-state index contributed by atoms with van der Waals surface area (Å²) in [6.45, 7) is 0. The van der Waals surface area contributed by atoms with Crippen molar-refractivity contribution in [3.05, 3.63) is 0 Å². The third kappa shape index (κ3) is 0.950.